The first-order valence-electron chi connectivity index (χ1n) is 9.02. The van der Waals surface area contributed by atoms with E-state index in [1.165, 1.54) is 6.26 Å². The van der Waals surface area contributed by atoms with Crippen LogP contribution >= 0.6 is 24.0 Å². The third kappa shape index (κ3) is 4.08. The summed E-state index contributed by atoms with van der Waals surface area (Å²) in [4.78, 5) is 19.6. The summed E-state index contributed by atoms with van der Waals surface area (Å²) in [5, 5.41) is 0.630. The number of rotatable bonds is 4. The zero-order valence-electron chi connectivity index (χ0n) is 15.8. The van der Waals surface area contributed by atoms with E-state index in [-0.39, 0.29) is 30.0 Å². The molecule has 2 aromatic carbocycles. The van der Waals surface area contributed by atoms with Crippen LogP contribution in [0, 0.1) is 0 Å². The third-order valence-corrected chi connectivity index (χ3v) is 5.29. The van der Waals surface area contributed by atoms with Crippen molar-refractivity contribution in [2.45, 2.75) is 12.1 Å². The van der Waals surface area contributed by atoms with E-state index < -0.39 is 6.04 Å². The highest BCUT2D eigenvalue weighted by molar-refractivity contribution is 6.31. The minimum absolute atomic E-state index is 0. The smallest absolute Gasteiger partial charge is 0.216 e. The zero-order valence-corrected chi connectivity index (χ0v) is 17.4. The van der Waals surface area contributed by atoms with Crippen molar-refractivity contribution in [2.24, 2.45) is 10.7 Å². The van der Waals surface area contributed by atoms with Crippen molar-refractivity contribution in [3.05, 3.63) is 88.8 Å². The molecule has 1 aromatic heterocycles. The summed E-state index contributed by atoms with van der Waals surface area (Å²) in [5.74, 6) is 0.0180. The van der Waals surface area contributed by atoms with E-state index in [1.54, 1.807) is 12.1 Å². The van der Waals surface area contributed by atoms with Crippen molar-refractivity contribution in [1.29, 1.82) is 0 Å². The van der Waals surface area contributed by atoms with Crippen LogP contribution < -0.4 is 10.6 Å². The number of carbonyl (C=O) groups excluding carboxylic acids is 1. The van der Waals surface area contributed by atoms with Gasteiger partial charge in [0.1, 0.15) is 0 Å². The molecular weight excluding hydrogens is 409 g/mol. The van der Waals surface area contributed by atoms with Gasteiger partial charge in [-0.1, -0.05) is 41.9 Å². The fourth-order valence-electron chi connectivity index (χ4n) is 3.53. The fourth-order valence-corrected chi connectivity index (χ4v) is 3.70. The number of ketones is 1. The Bertz CT molecular complexity index is 1020. The third-order valence-electron chi connectivity index (χ3n) is 5.06. The van der Waals surface area contributed by atoms with Crippen LogP contribution in [0.15, 0.2) is 76.3 Å². The summed E-state index contributed by atoms with van der Waals surface area (Å²) >= 11 is 6.28. The van der Waals surface area contributed by atoms with Gasteiger partial charge in [0.2, 0.25) is 5.78 Å². The van der Waals surface area contributed by atoms with Gasteiger partial charge < -0.3 is 15.1 Å². The molecule has 0 amide bonds. The molecule has 5 nitrogen and oxygen atoms in total. The first-order valence-corrected chi connectivity index (χ1v) is 9.40. The largest absolute Gasteiger partial charge is 0.461 e. The molecule has 0 bridgehead atoms. The number of hydrogen-bond donors (Lipinski definition) is 1. The average molecular weight is 430 g/mol. The molecule has 2 heterocycles. The van der Waals surface area contributed by atoms with Crippen LogP contribution in [0.3, 0.4) is 0 Å². The molecule has 1 aliphatic rings. The summed E-state index contributed by atoms with van der Waals surface area (Å²) in [6, 6.07) is 17.8. The maximum absolute atomic E-state index is 12.8. The first kappa shape index (κ1) is 21.1. The molecule has 29 heavy (non-hydrogen) atoms. The number of hydrogen-bond acceptors (Lipinski definition) is 5. The Morgan fingerprint density at radius 3 is 2.66 bits per heavy atom. The van der Waals surface area contributed by atoms with Gasteiger partial charge in [-0.2, -0.15) is 0 Å². The Morgan fingerprint density at radius 1 is 1.21 bits per heavy atom. The summed E-state index contributed by atoms with van der Waals surface area (Å²) in [7, 11) is 1.93. The van der Waals surface area contributed by atoms with Gasteiger partial charge in [0.05, 0.1) is 30.6 Å². The molecule has 0 radical (unpaired) electrons. The number of halogens is 2. The molecule has 4 rings (SSSR count). The second-order valence-electron chi connectivity index (χ2n) is 6.76. The predicted molar refractivity (Wildman–Crippen MR) is 119 cm³/mol. The Morgan fingerprint density at radius 2 is 1.97 bits per heavy atom. The van der Waals surface area contributed by atoms with Gasteiger partial charge in [-0.05, 0) is 30.3 Å². The van der Waals surface area contributed by atoms with Gasteiger partial charge in [-0.3, -0.25) is 9.79 Å². The number of fused-ring (bicyclic) bond motifs is 1. The molecule has 2 atom stereocenters. The van der Waals surface area contributed by atoms with Crippen LogP contribution in [0.1, 0.15) is 21.7 Å². The van der Waals surface area contributed by atoms with Crippen LogP contribution in [0.25, 0.3) is 0 Å². The maximum atomic E-state index is 12.8. The Labute approximate surface area is 180 Å². The van der Waals surface area contributed by atoms with Gasteiger partial charge >= 0.3 is 0 Å². The normalized spacial score (nSPS) is 16.9. The van der Waals surface area contributed by atoms with E-state index >= 15 is 0 Å². The highest BCUT2D eigenvalue weighted by atomic mass is 35.5. The fraction of sp³-hybridized carbons (Fsp3) is 0.182. The Balaban J connectivity index is 0.00000240. The molecular formula is C22H21Cl2N3O2. The van der Waals surface area contributed by atoms with Gasteiger partial charge in [0, 0.05) is 28.9 Å². The van der Waals surface area contributed by atoms with Crippen molar-refractivity contribution in [3.63, 3.8) is 0 Å². The highest BCUT2D eigenvalue weighted by Crippen LogP contribution is 2.31. The lowest BCUT2D eigenvalue weighted by Gasteiger charge is -2.32. The highest BCUT2D eigenvalue weighted by Gasteiger charge is 2.33. The predicted octanol–water partition coefficient (Wildman–Crippen LogP) is 4.22. The summed E-state index contributed by atoms with van der Waals surface area (Å²) < 4.78 is 5.25. The number of furan rings is 1. The summed E-state index contributed by atoms with van der Waals surface area (Å²) in [6.07, 6.45) is 1.47. The van der Waals surface area contributed by atoms with Gasteiger partial charge in [0.25, 0.3) is 0 Å². The molecule has 150 valence electrons. The molecule has 0 saturated heterocycles. The number of Topliss-reactive ketones (excluding diaryl/α,β-unsaturated/α-hetero) is 1. The van der Waals surface area contributed by atoms with Crippen LogP contribution in [0.5, 0.6) is 0 Å². The molecule has 7 heteroatoms. The minimum Gasteiger partial charge on any atom is -0.461 e. The summed E-state index contributed by atoms with van der Waals surface area (Å²) in [6.45, 7) is 0.376. The van der Waals surface area contributed by atoms with Crippen LogP contribution in [0.2, 0.25) is 5.02 Å². The van der Waals surface area contributed by atoms with E-state index in [2.05, 4.69) is 0 Å². The number of anilines is 1. The van der Waals surface area contributed by atoms with Crippen LogP contribution in [-0.2, 0) is 0 Å². The molecule has 3 aromatic rings. The number of aliphatic imine (C=N–C) groups is 1. The Hall–Kier alpha value is -2.60. The second-order valence-corrected chi connectivity index (χ2v) is 7.20. The molecule has 0 aliphatic carbocycles. The monoisotopic (exact) mass is 429 g/mol. The molecule has 1 aliphatic heterocycles. The SMILES string of the molecule is CN1c2ccc(Cl)cc2C(c2ccccc2)=NCC1C(N)C(=O)c1ccco1.Cl. The number of likely N-dealkylation sites (N-methyl/N-ethyl adjacent to an activating group) is 1. The number of carbonyl (C=O) groups is 1. The molecule has 2 unspecified atom stereocenters. The van der Waals surface area contributed by atoms with Crippen molar-refractivity contribution >= 4 is 41.2 Å². The minimum atomic E-state index is -0.779. The van der Waals surface area contributed by atoms with Crippen LogP contribution in [-0.4, -0.2) is 37.2 Å². The number of nitrogens with two attached hydrogens (primary N) is 1. The number of nitrogens with zero attached hydrogens (tertiary/aromatic N) is 2. The Kier molecular flexibility index (Phi) is 6.42. The topological polar surface area (TPSA) is 71.8 Å². The van der Waals surface area contributed by atoms with Crippen molar-refractivity contribution in [2.75, 3.05) is 18.5 Å². The number of benzene rings is 2. The lowest BCUT2D eigenvalue weighted by Crippen LogP contribution is -2.52. The van der Waals surface area contributed by atoms with Crippen molar-refractivity contribution in [3.8, 4) is 0 Å². The summed E-state index contributed by atoms with van der Waals surface area (Å²) in [5.41, 5.74) is 10.0. The van der Waals surface area contributed by atoms with E-state index in [1.807, 2.05) is 60.5 Å². The van der Waals surface area contributed by atoms with E-state index in [0.29, 0.717) is 11.6 Å². The second kappa shape index (κ2) is 8.82. The zero-order chi connectivity index (χ0) is 19.7. The van der Waals surface area contributed by atoms with Gasteiger partial charge in [0.15, 0.2) is 5.76 Å². The van der Waals surface area contributed by atoms with Crippen molar-refractivity contribution in [1.82, 2.24) is 0 Å². The first-order chi connectivity index (χ1) is 13.6. The molecule has 0 saturated carbocycles. The molecule has 2 N–H and O–H groups in total. The van der Waals surface area contributed by atoms with E-state index in [0.717, 1.165) is 22.5 Å². The molecule has 0 spiro atoms. The van der Waals surface area contributed by atoms with Crippen LogP contribution in [0.4, 0.5) is 5.69 Å². The van der Waals surface area contributed by atoms with E-state index in [9.17, 15) is 4.79 Å². The van der Waals surface area contributed by atoms with E-state index in [4.69, 9.17) is 26.7 Å². The average Bonchev–Trinajstić information content (AvgIpc) is 3.21. The van der Waals surface area contributed by atoms with Gasteiger partial charge in [-0.15, -0.1) is 12.4 Å². The molecule has 0 fully saturated rings. The standard InChI is InChI=1S/C22H20ClN3O2.ClH/c1-26-17-10-9-15(23)12-16(17)21(14-6-3-2-4-7-14)25-13-18(26)20(24)22(27)19-8-5-11-28-19;/h2-12,18,20H,13,24H2,1H3;1H. The number of benzodiazepines with no additional fused rings is 1. The van der Waals surface area contributed by atoms with Gasteiger partial charge in [-0.25, -0.2) is 0 Å². The van der Waals surface area contributed by atoms with Crippen molar-refractivity contribution < 1.29 is 9.21 Å². The lowest BCUT2D eigenvalue weighted by atomic mass is 9.99. The lowest BCUT2D eigenvalue weighted by molar-refractivity contribution is 0.0922. The quantitative estimate of drug-likeness (QED) is 0.630. The maximum Gasteiger partial charge on any atom is 0.216 e.